The molecule has 0 bridgehead atoms. The Balaban J connectivity index is 1.70. The van der Waals surface area contributed by atoms with Crippen LogP contribution in [0.5, 0.6) is 0 Å². The van der Waals surface area contributed by atoms with E-state index in [1.165, 1.54) is 0 Å². The molecule has 168 valence electrons. The van der Waals surface area contributed by atoms with Gasteiger partial charge in [-0.15, -0.1) is 0 Å². The van der Waals surface area contributed by atoms with Gasteiger partial charge in [-0.1, -0.05) is 18.0 Å². The molecule has 2 aromatic rings. The molecule has 0 radical (unpaired) electrons. The van der Waals surface area contributed by atoms with E-state index in [0.717, 1.165) is 31.2 Å². The lowest BCUT2D eigenvalue weighted by molar-refractivity contribution is -0.136. The zero-order valence-corrected chi connectivity index (χ0v) is 18.3. The van der Waals surface area contributed by atoms with Crippen molar-refractivity contribution in [2.24, 2.45) is 0 Å². The summed E-state index contributed by atoms with van der Waals surface area (Å²) in [5, 5.41) is 22.2. The summed E-state index contributed by atoms with van der Waals surface area (Å²) in [4.78, 5) is 10.9. The molecule has 1 aliphatic carbocycles. The third kappa shape index (κ3) is 4.53. The number of aliphatic carboxylic acids is 1. The second-order valence-corrected chi connectivity index (χ2v) is 9.70. The lowest BCUT2D eigenvalue weighted by Gasteiger charge is -2.16. The molecule has 1 saturated carbocycles. The summed E-state index contributed by atoms with van der Waals surface area (Å²) in [6, 6.07) is 3.42. The quantitative estimate of drug-likeness (QED) is 0.410. The van der Waals surface area contributed by atoms with Crippen LogP contribution in [0.4, 0.5) is 11.4 Å². The van der Waals surface area contributed by atoms with Crippen LogP contribution >= 0.6 is 0 Å². The zero-order chi connectivity index (χ0) is 22.2. The highest BCUT2D eigenvalue weighted by Crippen LogP contribution is 2.41. The molecule has 1 aliphatic heterocycles. The number of rotatable bonds is 8. The van der Waals surface area contributed by atoms with Crippen LogP contribution in [0, 0.1) is 13.8 Å². The Morgan fingerprint density at radius 1 is 1.26 bits per heavy atom. The van der Waals surface area contributed by atoms with Crippen molar-refractivity contribution < 1.29 is 22.8 Å². The molecule has 0 saturated heterocycles. The summed E-state index contributed by atoms with van der Waals surface area (Å²) in [6.45, 7) is 3.83. The van der Waals surface area contributed by atoms with E-state index >= 15 is 0 Å². The Bertz CT molecular complexity index is 1070. The van der Waals surface area contributed by atoms with Crippen molar-refractivity contribution in [1.29, 1.82) is 0 Å². The van der Waals surface area contributed by atoms with Gasteiger partial charge < -0.3 is 20.3 Å². The van der Waals surface area contributed by atoms with Gasteiger partial charge in [0.15, 0.2) is 6.29 Å². The molecule has 0 amide bonds. The van der Waals surface area contributed by atoms with E-state index in [1.54, 1.807) is 13.0 Å². The van der Waals surface area contributed by atoms with Crippen molar-refractivity contribution in [3.63, 3.8) is 0 Å². The van der Waals surface area contributed by atoms with Crippen LogP contribution in [0.25, 0.3) is 11.1 Å². The van der Waals surface area contributed by atoms with Gasteiger partial charge in [-0.3, -0.25) is 10.1 Å². The second-order valence-electron chi connectivity index (χ2n) is 8.02. The van der Waals surface area contributed by atoms with Gasteiger partial charge in [-0.05, 0) is 44.4 Å². The summed E-state index contributed by atoms with van der Waals surface area (Å²) in [5.74, 6) is -0.306. The molecule has 1 aromatic carbocycles. The molecule has 11 heteroatoms. The van der Waals surface area contributed by atoms with Crippen molar-refractivity contribution in [3.05, 3.63) is 23.6 Å². The topological polar surface area (TPSA) is 146 Å². The third-order valence-electron chi connectivity index (χ3n) is 5.67. The highest BCUT2D eigenvalue weighted by Gasteiger charge is 2.32. The van der Waals surface area contributed by atoms with Gasteiger partial charge >= 0.3 is 5.97 Å². The molecule has 2 heterocycles. The predicted molar refractivity (Wildman–Crippen MR) is 115 cm³/mol. The number of nitrogens with one attached hydrogen (secondary N) is 4. The first-order chi connectivity index (χ1) is 14.7. The number of anilines is 2. The number of nitrogens with zero attached hydrogens (tertiary/aromatic N) is 1. The summed E-state index contributed by atoms with van der Waals surface area (Å²) in [6.07, 6.45) is 3.15. The fourth-order valence-corrected chi connectivity index (χ4v) is 5.74. The number of fused-ring (bicyclic) bond motifs is 1. The Kier molecular flexibility index (Phi) is 5.91. The van der Waals surface area contributed by atoms with Crippen LogP contribution < -0.4 is 20.7 Å². The van der Waals surface area contributed by atoms with Gasteiger partial charge in [0, 0.05) is 18.2 Å². The monoisotopic (exact) mass is 449 g/mol. The minimum atomic E-state index is -3.79. The molecule has 0 spiro atoms. The Labute approximate surface area is 180 Å². The number of carbonyl (C=O) groups is 1. The number of carboxylic acids is 1. The maximum absolute atomic E-state index is 13.3. The second kappa shape index (κ2) is 8.48. The molecule has 1 atom stereocenters. The van der Waals surface area contributed by atoms with E-state index < -0.39 is 22.3 Å². The van der Waals surface area contributed by atoms with Gasteiger partial charge in [0.1, 0.15) is 10.7 Å². The smallest absolute Gasteiger partial charge is 0.304 e. The lowest BCUT2D eigenvalue weighted by Crippen LogP contribution is -2.40. The van der Waals surface area contributed by atoms with Crippen LogP contribution in [0.1, 0.15) is 43.6 Å². The standard InChI is InChI=1S/C20H27N5O5S/c1-11-18(12(2)30-24-11)13-9-15-19(23-20(22-15)21-8-7-17(26)27)16(10-13)31(28,29)25-14-5-3-4-6-14/h9-10,14,20-23,25H,3-8H2,1-2H3,(H,26,27). The van der Waals surface area contributed by atoms with Gasteiger partial charge in [0.2, 0.25) is 10.0 Å². The predicted octanol–water partition coefficient (Wildman–Crippen LogP) is 2.36. The number of hydrogen-bond donors (Lipinski definition) is 5. The molecule has 1 unspecified atom stereocenters. The van der Waals surface area contributed by atoms with E-state index in [2.05, 4.69) is 25.8 Å². The number of aromatic nitrogens is 1. The van der Waals surface area contributed by atoms with Crippen molar-refractivity contribution in [1.82, 2.24) is 15.2 Å². The minimum absolute atomic E-state index is 0.0467. The normalized spacial score (nSPS) is 18.6. The molecule has 31 heavy (non-hydrogen) atoms. The average molecular weight is 450 g/mol. The Morgan fingerprint density at radius 3 is 2.65 bits per heavy atom. The third-order valence-corrected chi connectivity index (χ3v) is 7.21. The molecule has 4 rings (SSSR count). The SMILES string of the molecule is Cc1noc(C)c1-c1cc2c(c(S(=O)(=O)NC3CCCC3)c1)NC(NCCC(=O)O)N2. The summed E-state index contributed by atoms with van der Waals surface area (Å²) < 4.78 is 34.8. The van der Waals surface area contributed by atoms with Crippen LogP contribution in [-0.2, 0) is 14.8 Å². The van der Waals surface area contributed by atoms with E-state index in [9.17, 15) is 13.2 Å². The van der Waals surface area contributed by atoms with Gasteiger partial charge in [-0.2, -0.15) is 0 Å². The first kappa shape index (κ1) is 21.6. The number of sulfonamides is 1. The van der Waals surface area contributed by atoms with E-state index in [0.29, 0.717) is 28.4 Å². The minimum Gasteiger partial charge on any atom is -0.481 e. The number of hydrogen-bond acceptors (Lipinski definition) is 8. The Hall–Kier alpha value is -2.63. The maximum Gasteiger partial charge on any atom is 0.304 e. The van der Waals surface area contributed by atoms with Gasteiger partial charge in [0.05, 0.1) is 23.5 Å². The van der Waals surface area contributed by atoms with E-state index in [-0.39, 0.29) is 23.9 Å². The lowest BCUT2D eigenvalue weighted by atomic mass is 10.0. The van der Waals surface area contributed by atoms with E-state index in [1.807, 2.05) is 13.0 Å². The highest BCUT2D eigenvalue weighted by atomic mass is 32.2. The zero-order valence-electron chi connectivity index (χ0n) is 17.5. The van der Waals surface area contributed by atoms with E-state index in [4.69, 9.17) is 9.63 Å². The van der Waals surface area contributed by atoms with Crippen molar-refractivity contribution in [2.75, 3.05) is 17.2 Å². The van der Waals surface area contributed by atoms with Gasteiger partial charge in [0.25, 0.3) is 0 Å². The molecule has 1 fully saturated rings. The molecule has 1 aromatic heterocycles. The Morgan fingerprint density at radius 2 is 2.00 bits per heavy atom. The van der Waals surface area contributed by atoms with Crippen LogP contribution in [0.3, 0.4) is 0 Å². The van der Waals surface area contributed by atoms with Gasteiger partial charge in [-0.25, -0.2) is 13.1 Å². The first-order valence-corrected chi connectivity index (χ1v) is 11.8. The fourth-order valence-electron chi connectivity index (χ4n) is 4.22. The van der Waals surface area contributed by atoms with Crippen molar-refractivity contribution in [3.8, 4) is 11.1 Å². The highest BCUT2D eigenvalue weighted by molar-refractivity contribution is 7.89. The largest absolute Gasteiger partial charge is 0.481 e. The molecule has 10 nitrogen and oxygen atoms in total. The van der Waals surface area contributed by atoms with Crippen LogP contribution in [0.2, 0.25) is 0 Å². The number of carboxylic acid groups (broad SMARTS) is 1. The molecule has 2 aliphatic rings. The summed E-state index contributed by atoms with van der Waals surface area (Å²) >= 11 is 0. The van der Waals surface area contributed by atoms with Crippen molar-refractivity contribution >= 4 is 27.4 Å². The van der Waals surface area contributed by atoms with Crippen molar-refractivity contribution in [2.45, 2.75) is 63.2 Å². The molecular formula is C20H27N5O5S. The average Bonchev–Trinajstić information content (AvgIpc) is 3.41. The first-order valence-electron chi connectivity index (χ1n) is 10.4. The maximum atomic E-state index is 13.3. The molecular weight excluding hydrogens is 422 g/mol. The summed E-state index contributed by atoms with van der Waals surface area (Å²) in [7, 11) is -3.79. The van der Waals surface area contributed by atoms with Crippen LogP contribution in [-0.4, -0.2) is 43.5 Å². The summed E-state index contributed by atoms with van der Waals surface area (Å²) in [5.41, 5.74) is 3.17. The number of benzene rings is 1. The number of aryl methyl sites for hydroxylation is 2. The molecule has 5 N–H and O–H groups in total. The van der Waals surface area contributed by atoms with Crippen LogP contribution in [0.15, 0.2) is 21.6 Å². The fraction of sp³-hybridized carbons (Fsp3) is 0.500.